The first kappa shape index (κ1) is 22.5. The van der Waals surface area contributed by atoms with Crippen LogP contribution in [0.3, 0.4) is 0 Å². The molecule has 0 fully saturated rings. The number of nitrogens with zero attached hydrogens (tertiary/aromatic N) is 2. The van der Waals surface area contributed by atoms with Gasteiger partial charge >= 0.3 is 5.69 Å². The van der Waals surface area contributed by atoms with Crippen LogP contribution in [0.15, 0.2) is 47.0 Å². The van der Waals surface area contributed by atoms with Crippen LogP contribution in [0.2, 0.25) is 0 Å². The maximum absolute atomic E-state index is 12.2. The molecule has 9 heteroatoms. The van der Waals surface area contributed by atoms with Crippen molar-refractivity contribution in [2.75, 3.05) is 19.0 Å². The van der Waals surface area contributed by atoms with Crippen molar-refractivity contribution < 1.29 is 23.7 Å². The Morgan fingerprint density at radius 2 is 1.94 bits per heavy atom. The van der Waals surface area contributed by atoms with Crippen LogP contribution in [0.4, 0.5) is 11.4 Å². The SMILES string of the molecule is CCc1ccc(NC(=O)COc2ccc(C=Cc3onc(C)c3[N+](=O)[O-])cc2OC)cc1. The Hall–Kier alpha value is -4.14. The number of anilines is 1. The number of carbonyl (C=O) groups excluding carboxylic acids is 1. The van der Waals surface area contributed by atoms with Crippen molar-refractivity contribution in [3.8, 4) is 11.5 Å². The number of nitro groups is 1. The maximum atomic E-state index is 12.2. The number of aryl methyl sites for hydroxylation is 2. The standard InChI is InChI=1S/C23H23N3O6/c1-4-16-5-9-18(10-6-16)24-22(27)14-31-19-11-7-17(13-21(19)30-3)8-12-20-23(26(28)29)15(2)25-32-20/h5-13H,4,14H2,1-3H3,(H,24,27). The topological polar surface area (TPSA) is 117 Å². The fraction of sp³-hybridized carbons (Fsp3) is 0.217. The second-order valence-electron chi connectivity index (χ2n) is 6.87. The Bertz CT molecular complexity index is 1140. The van der Waals surface area contributed by atoms with E-state index in [4.69, 9.17) is 14.0 Å². The summed E-state index contributed by atoms with van der Waals surface area (Å²) in [5.41, 5.74) is 2.60. The molecule has 3 aromatic rings. The van der Waals surface area contributed by atoms with Crippen molar-refractivity contribution >= 4 is 29.4 Å². The van der Waals surface area contributed by atoms with Gasteiger partial charge in [-0.15, -0.1) is 0 Å². The largest absolute Gasteiger partial charge is 0.493 e. The first-order valence-corrected chi connectivity index (χ1v) is 9.89. The maximum Gasteiger partial charge on any atom is 0.338 e. The second-order valence-corrected chi connectivity index (χ2v) is 6.87. The number of carbonyl (C=O) groups is 1. The van der Waals surface area contributed by atoms with Crippen LogP contribution < -0.4 is 14.8 Å². The summed E-state index contributed by atoms with van der Waals surface area (Å²) in [6, 6.07) is 12.7. The number of hydrogen-bond acceptors (Lipinski definition) is 7. The van der Waals surface area contributed by atoms with Gasteiger partial charge in [0.25, 0.3) is 5.91 Å². The molecule has 0 saturated heterocycles. The van der Waals surface area contributed by atoms with E-state index in [0.717, 1.165) is 6.42 Å². The van der Waals surface area contributed by atoms with Crippen LogP contribution in [0.25, 0.3) is 12.2 Å². The third-order valence-electron chi connectivity index (χ3n) is 4.66. The quantitative estimate of drug-likeness (QED) is 0.382. The van der Waals surface area contributed by atoms with Gasteiger partial charge in [-0.25, -0.2) is 0 Å². The second kappa shape index (κ2) is 10.3. The van der Waals surface area contributed by atoms with Crippen LogP contribution in [-0.4, -0.2) is 29.7 Å². The van der Waals surface area contributed by atoms with Crippen LogP contribution in [-0.2, 0) is 11.2 Å². The molecule has 32 heavy (non-hydrogen) atoms. The highest BCUT2D eigenvalue weighted by Gasteiger charge is 2.22. The molecule has 1 aromatic heterocycles. The number of hydrogen-bond donors (Lipinski definition) is 1. The Balaban J connectivity index is 1.64. The van der Waals surface area contributed by atoms with E-state index in [-0.39, 0.29) is 29.7 Å². The molecule has 0 aliphatic rings. The van der Waals surface area contributed by atoms with Gasteiger partial charge in [-0.2, -0.15) is 0 Å². The Morgan fingerprint density at radius 3 is 2.59 bits per heavy atom. The molecule has 0 bridgehead atoms. The molecule has 1 heterocycles. The molecule has 2 aromatic carbocycles. The molecule has 0 spiro atoms. The minimum Gasteiger partial charge on any atom is -0.493 e. The average molecular weight is 437 g/mol. The van der Waals surface area contributed by atoms with E-state index in [0.29, 0.717) is 22.7 Å². The molecule has 0 saturated carbocycles. The number of ether oxygens (including phenoxy) is 2. The van der Waals surface area contributed by atoms with E-state index >= 15 is 0 Å². The van der Waals surface area contributed by atoms with E-state index in [1.807, 2.05) is 24.3 Å². The Morgan fingerprint density at radius 1 is 1.19 bits per heavy atom. The van der Waals surface area contributed by atoms with Gasteiger partial charge in [0.05, 0.1) is 12.0 Å². The summed E-state index contributed by atoms with van der Waals surface area (Å²) in [5, 5.41) is 17.5. The third kappa shape index (κ3) is 5.51. The Kier molecular flexibility index (Phi) is 7.22. The number of nitrogens with one attached hydrogen (secondary N) is 1. The molecule has 0 aliphatic carbocycles. The van der Waals surface area contributed by atoms with Crippen LogP contribution in [0.1, 0.15) is 29.5 Å². The highest BCUT2D eigenvalue weighted by molar-refractivity contribution is 5.91. The molecule has 166 valence electrons. The lowest BCUT2D eigenvalue weighted by Gasteiger charge is -2.11. The number of amides is 1. The van der Waals surface area contributed by atoms with E-state index in [1.54, 1.807) is 24.3 Å². The van der Waals surface area contributed by atoms with Gasteiger partial charge in [-0.05, 0) is 54.8 Å². The molecule has 0 unspecified atom stereocenters. The number of aromatic nitrogens is 1. The molecule has 1 N–H and O–H groups in total. The minimum absolute atomic E-state index is 0.0513. The van der Waals surface area contributed by atoms with Crippen molar-refractivity contribution in [1.29, 1.82) is 0 Å². The zero-order valence-electron chi connectivity index (χ0n) is 18.0. The van der Waals surface area contributed by atoms with Crippen molar-refractivity contribution in [3.05, 3.63) is 75.2 Å². The molecule has 1 amide bonds. The van der Waals surface area contributed by atoms with E-state index in [2.05, 4.69) is 17.4 Å². The van der Waals surface area contributed by atoms with Gasteiger partial charge in [-0.1, -0.05) is 36.4 Å². The number of rotatable bonds is 9. The smallest absolute Gasteiger partial charge is 0.338 e. The van der Waals surface area contributed by atoms with Gasteiger partial charge in [-0.3, -0.25) is 14.9 Å². The van der Waals surface area contributed by atoms with Gasteiger partial charge in [0.2, 0.25) is 5.76 Å². The summed E-state index contributed by atoms with van der Waals surface area (Å²) in [6.07, 6.45) is 4.02. The Labute approximate surface area is 184 Å². The van der Waals surface area contributed by atoms with Crippen molar-refractivity contribution in [1.82, 2.24) is 5.16 Å². The minimum atomic E-state index is -0.535. The van der Waals surface area contributed by atoms with Crippen LogP contribution in [0, 0.1) is 17.0 Å². The summed E-state index contributed by atoms with van der Waals surface area (Å²) < 4.78 is 16.0. The average Bonchev–Trinajstić information content (AvgIpc) is 3.17. The van der Waals surface area contributed by atoms with Gasteiger partial charge in [0.15, 0.2) is 23.8 Å². The zero-order chi connectivity index (χ0) is 23.1. The predicted octanol–water partition coefficient (Wildman–Crippen LogP) is 4.65. The first-order valence-electron chi connectivity index (χ1n) is 9.89. The monoisotopic (exact) mass is 437 g/mol. The lowest BCUT2D eigenvalue weighted by molar-refractivity contribution is -0.386. The fourth-order valence-electron chi connectivity index (χ4n) is 2.96. The van der Waals surface area contributed by atoms with Crippen molar-refractivity contribution in [3.63, 3.8) is 0 Å². The first-order chi connectivity index (χ1) is 15.4. The summed E-state index contributed by atoms with van der Waals surface area (Å²) in [5.74, 6) is 0.557. The van der Waals surface area contributed by atoms with Gasteiger partial charge in [0.1, 0.15) is 0 Å². The molecule has 0 aliphatic heterocycles. The molecular weight excluding hydrogens is 414 g/mol. The summed E-state index contributed by atoms with van der Waals surface area (Å²) in [4.78, 5) is 22.8. The van der Waals surface area contributed by atoms with Crippen LogP contribution in [0.5, 0.6) is 11.5 Å². The van der Waals surface area contributed by atoms with Gasteiger partial charge < -0.3 is 19.3 Å². The molecular formula is C23H23N3O6. The summed E-state index contributed by atoms with van der Waals surface area (Å²) in [7, 11) is 1.48. The molecule has 0 atom stereocenters. The predicted molar refractivity (Wildman–Crippen MR) is 120 cm³/mol. The summed E-state index contributed by atoms with van der Waals surface area (Å²) in [6.45, 7) is 3.38. The number of benzene rings is 2. The molecule has 3 rings (SSSR count). The van der Waals surface area contributed by atoms with E-state index in [9.17, 15) is 14.9 Å². The normalized spacial score (nSPS) is 10.8. The number of methoxy groups -OCH3 is 1. The van der Waals surface area contributed by atoms with Gasteiger partial charge in [0, 0.05) is 5.69 Å². The highest BCUT2D eigenvalue weighted by Crippen LogP contribution is 2.30. The fourth-order valence-corrected chi connectivity index (χ4v) is 2.96. The van der Waals surface area contributed by atoms with Crippen molar-refractivity contribution in [2.24, 2.45) is 0 Å². The van der Waals surface area contributed by atoms with E-state index in [1.165, 1.54) is 25.7 Å². The third-order valence-corrected chi connectivity index (χ3v) is 4.66. The highest BCUT2D eigenvalue weighted by atomic mass is 16.6. The molecule has 9 nitrogen and oxygen atoms in total. The zero-order valence-corrected chi connectivity index (χ0v) is 18.0. The van der Waals surface area contributed by atoms with E-state index < -0.39 is 4.92 Å². The summed E-state index contributed by atoms with van der Waals surface area (Å²) >= 11 is 0. The van der Waals surface area contributed by atoms with Crippen LogP contribution >= 0.6 is 0 Å². The lowest BCUT2D eigenvalue weighted by Crippen LogP contribution is -2.20. The van der Waals surface area contributed by atoms with Crippen molar-refractivity contribution in [2.45, 2.75) is 20.3 Å². The lowest BCUT2D eigenvalue weighted by atomic mass is 10.1. The molecule has 0 radical (unpaired) electrons.